The van der Waals surface area contributed by atoms with Crippen LogP contribution in [0.25, 0.3) is 0 Å². The second-order valence-corrected chi connectivity index (χ2v) is 26.7. The summed E-state index contributed by atoms with van der Waals surface area (Å²) in [6.45, 7) is 27.1. The minimum atomic E-state index is -1.61. The zero-order valence-electron chi connectivity index (χ0n) is 55.6. The number of amides is 10. The van der Waals surface area contributed by atoms with Crippen LogP contribution in [-0.2, 0) is 54.5 Å². The van der Waals surface area contributed by atoms with E-state index in [0.29, 0.717) is 18.7 Å². The highest BCUT2D eigenvalue weighted by Crippen LogP contribution is 2.25. The fourth-order valence-electron chi connectivity index (χ4n) is 10.5. The van der Waals surface area contributed by atoms with E-state index in [-0.39, 0.29) is 61.5 Å². The molecule has 488 valence electrons. The number of aryl methyl sites for hydroxylation is 1. The summed E-state index contributed by atoms with van der Waals surface area (Å²) < 4.78 is 1.73. The van der Waals surface area contributed by atoms with Crippen molar-refractivity contribution in [2.24, 2.45) is 35.5 Å². The first-order chi connectivity index (χ1) is 40.0. The van der Waals surface area contributed by atoms with Gasteiger partial charge in [0.2, 0.25) is 59.1 Å². The van der Waals surface area contributed by atoms with Crippen molar-refractivity contribution in [3.05, 3.63) is 30.6 Å². The van der Waals surface area contributed by atoms with Gasteiger partial charge in [-0.2, -0.15) is 16.9 Å². The highest BCUT2D eigenvalue weighted by molar-refractivity contribution is 7.99. The second-order valence-electron chi connectivity index (χ2n) is 25.5. The molecule has 24 heteroatoms. The number of carbonyl (C=O) groups excluding carboxylic acids is 10. The summed E-state index contributed by atoms with van der Waals surface area (Å²) in [5, 5.41) is 27.7. The Hall–Kier alpha value is -6.04. The van der Waals surface area contributed by atoms with Gasteiger partial charge in [0.25, 0.3) is 0 Å². The van der Waals surface area contributed by atoms with E-state index in [4.69, 9.17) is 0 Å². The molecule has 1 aromatic rings. The number of nitrogens with zero attached hydrogens (tertiary/aromatic N) is 8. The van der Waals surface area contributed by atoms with Crippen molar-refractivity contribution in [3.8, 4) is 0 Å². The van der Waals surface area contributed by atoms with Gasteiger partial charge >= 0.3 is 0 Å². The van der Waals surface area contributed by atoms with Gasteiger partial charge in [-0.1, -0.05) is 95.2 Å². The average Bonchev–Trinajstić information content (AvgIpc) is 1.74. The molecule has 5 N–H and O–H groups in total. The van der Waals surface area contributed by atoms with Crippen LogP contribution in [0, 0.1) is 35.5 Å². The van der Waals surface area contributed by atoms with Gasteiger partial charge in [-0.3, -0.25) is 52.6 Å². The Morgan fingerprint density at radius 3 is 1.47 bits per heavy atom. The molecule has 23 nitrogen and oxygen atoms in total. The van der Waals surface area contributed by atoms with E-state index in [1.807, 2.05) is 68.4 Å². The maximum atomic E-state index is 15.3. The number of aromatic nitrogens is 2. The molecular weight excluding hydrogens is 1120 g/mol. The van der Waals surface area contributed by atoms with E-state index < -0.39 is 137 Å². The minimum absolute atomic E-state index is 0.0157. The van der Waals surface area contributed by atoms with Gasteiger partial charge in [0.05, 0.1) is 6.10 Å². The molecule has 10 amide bonds. The first-order valence-electron chi connectivity index (χ1n) is 30.7. The molecule has 1 aromatic heterocycles. The molecule has 2 heterocycles. The van der Waals surface area contributed by atoms with Crippen LogP contribution < -0.4 is 21.3 Å². The Morgan fingerprint density at radius 2 is 0.988 bits per heavy atom. The Kier molecular flexibility index (Phi) is 31.6. The molecule has 0 spiro atoms. The molecule has 0 radical (unpaired) electrons. The van der Waals surface area contributed by atoms with Gasteiger partial charge < -0.3 is 55.8 Å². The largest absolute Gasteiger partial charge is 0.390 e. The van der Waals surface area contributed by atoms with E-state index in [2.05, 4.69) is 26.4 Å². The molecule has 1 aliphatic heterocycles. The summed E-state index contributed by atoms with van der Waals surface area (Å²) >= 11 is 1.38. The highest BCUT2D eigenvalue weighted by atomic mass is 32.2. The highest BCUT2D eigenvalue weighted by Gasteiger charge is 2.45. The van der Waals surface area contributed by atoms with Gasteiger partial charge in [-0.25, -0.2) is 0 Å². The normalized spacial score (nSPS) is 26.2. The molecule has 2 unspecified atom stereocenters. The molecule has 86 heavy (non-hydrogen) atoms. The summed E-state index contributed by atoms with van der Waals surface area (Å²) in [7, 11) is 8.63. The lowest BCUT2D eigenvalue weighted by Gasteiger charge is -2.40. The van der Waals surface area contributed by atoms with Crippen LogP contribution >= 0.6 is 11.8 Å². The Labute approximate surface area is 517 Å². The van der Waals surface area contributed by atoms with Crippen molar-refractivity contribution >= 4 is 70.8 Å². The number of aliphatic hydroxyl groups excluding tert-OH is 1. The molecule has 2 rings (SSSR count). The topological polar surface area (TPSA) is 276 Å². The standard InChI is InChI=1S/C62H108N12O11S/c1-22-24-26-41(13)52(75)51-56(79)66-44(23-2)58(81)72(20)49(35-86-30-29-74-28-25-27-63-74)61(84)68(16)46(32-37(5)6)55(78)67-50(40(11)12)62(85)69(17)45(31-36(3)4)54(77)64-42(14)53(76)65-43(15)57(80)70(18)47(33-38(7)8)59(82)71(19)48(34-39(9)10)60(83)73(51)21/h22,24-25,27-28,36-52,75H,23,26,29-35H2,1-21H3,(H,64,77)(H,65,76)(H,66,79)(H,67,78)/b24-22+/t41-,42+,43-,44+,45+,46+,47+,48+,49?,50+,51?,52-/m1/s1. The summed E-state index contributed by atoms with van der Waals surface area (Å²) in [6.07, 6.45) is 6.47. The monoisotopic (exact) mass is 1230 g/mol. The fourth-order valence-corrected chi connectivity index (χ4v) is 11.6. The van der Waals surface area contributed by atoms with E-state index >= 15 is 24.0 Å². The molecule has 12 atom stereocenters. The van der Waals surface area contributed by atoms with Crippen LogP contribution in [0.2, 0.25) is 0 Å². The van der Waals surface area contributed by atoms with E-state index in [1.54, 1.807) is 56.9 Å². The smallest absolute Gasteiger partial charge is 0.246 e. The van der Waals surface area contributed by atoms with Crippen molar-refractivity contribution in [1.29, 1.82) is 0 Å². The summed E-state index contributed by atoms with van der Waals surface area (Å²) in [5.74, 6) is -7.90. The van der Waals surface area contributed by atoms with Crippen LogP contribution in [0.15, 0.2) is 30.6 Å². The van der Waals surface area contributed by atoms with Crippen molar-refractivity contribution in [1.82, 2.24) is 60.4 Å². The van der Waals surface area contributed by atoms with Crippen molar-refractivity contribution in [2.75, 3.05) is 53.8 Å². The predicted molar refractivity (Wildman–Crippen MR) is 336 cm³/mol. The van der Waals surface area contributed by atoms with E-state index in [0.717, 1.165) is 4.90 Å². The van der Waals surface area contributed by atoms with Gasteiger partial charge in [0, 0.05) is 72.7 Å². The third-order valence-electron chi connectivity index (χ3n) is 16.0. The molecular formula is C62H108N12O11S. The van der Waals surface area contributed by atoms with Gasteiger partial charge in [0.15, 0.2) is 0 Å². The minimum Gasteiger partial charge on any atom is -0.390 e. The Balaban J connectivity index is 3.04. The number of rotatable bonds is 19. The third kappa shape index (κ3) is 21.7. The summed E-state index contributed by atoms with van der Waals surface area (Å²) in [6, 6.07) is -10.6. The lowest BCUT2D eigenvalue weighted by Crippen LogP contribution is -2.63. The van der Waals surface area contributed by atoms with Gasteiger partial charge in [-0.05, 0) is 101 Å². The summed E-state index contributed by atoms with van der Waals surface area (Å²) in [5.41, 5.74) is 0. The number of aliphatic hydroxyl groups is 1. The molecule has 1 aliphatic rings. The quantitative estimate of drug-likeness (QED) is 0.0976. The zero-order chi connectivity index (χ0) is 65.8. The first kappa shape index (κ1) is 76.1. The summed E-state index contributed by atoms with van der Waals surface area (Å²) in [4.78, 5) is 155. The molecule has 0 aliphatic carbocycles. The number of likely N-dealkylation sites (N-methyl/N-ethyl adjacent to an activating group) is 6. The second kappa shape index (κ2) is 35.7. The number of hydrogen-bond acceptors (Lipinski definition) is 13. The van der Waals surface area contributed by atoms with Crippen LogP contribution in [0.3, 0.4) is 0 Å². The lowest BCUT2D eigenvalue weighted by molar-refractivity contribution is -0.155. The van der Waals surface area contributed by atoms with Gasteiger partial charge in [-0.15, -0.1) is 0 Å². The molecule has 0 bridgehead atoms. The number of hydrogen-bond donors (Lipinski definition) is 5. The van der Waals surface area contributed by atoms with Crippen LogP contribution in [0.5, 0.6) is 0 Å². The molecule has 1 fully saturated rings. The van der Waals surface area contributed by atoms with Gasteiger partial charge in [0.1, 0.15) is 60.4 Å². The fraction of sp³-hybridized carbons (Fsp3) is 0.758. The van der Waals surface area contributed by atoms with Crippen LogP contribution in [-0.4, -0.2) is 224 Å². The third-order valence-corrected chi connectivity index (χ3v) is 17.1. The molecule has 0 saturated carbocycles. The Morgan fingerprint density at radius 1 is 0.547 bits per heavy atom. The van der Waals surface area contributed by atoms with E-state index in [9.17, 15) is 29.1 Å². The SMILES string of the molecule is C/C=C/C[C@@H](C)[C@@H](O)C1C(=O)N[C@@H](CC)C(=O)N(C)C(CSCCn2cccn2)C(=O)N(C)[C@@H](CC(C)C)C(=O)N[C@@H](C(C)C)C(=O)N(C)[C@@H](CC(C)C)C(=O)N[C@@H](C)C(=O)N[C@H](C)C(=O)N(C)[C@@H](CC(C)C)C(=O)N(C)[C@@H](CC(C)C)C(=O)N1C. The maximum absolute atomic E-state index is 15.3. The number of thioether (sulfide) groups is 1. The number of carbonyl (C=O) groups is 10. The first-order valence-corrected chi connectivity index (χ1v) is 31.9. The number of nitrogens with one attached hydrogen (secondary N) is 4. The molecule has 1 saturated heterocycles. The van der Waals surface area contributed by atoms with Crippen molar-refractivity contribution in [3.63, 3.8) is 0 Å². The average molecular weight is 1230 g/mol. The maximum Gasteiger partial charge on any atom is 0.246 e. The lowest BCUT2D eigenvalue weighted by atomic mass is 9.91. The van der Waals surface area contributed by atoms with Crippen molar-refractivity contribution in [2.45, 2.75) is 215 Å². The van der Waals surface area contributed by atoms with Crippen LogP contribution in [0.4, 0.5) is 0 Å². The number of allylic oxidation sites excluding steroid dienone is 2. The molecule has 0 aromatic carbocycles. The Bertz CT molecular complexity index is 2440. The zero-order valence-corrected chi connectivity index (χ0v) is 56.4. The van der Waals surface area contributed by atoms with E-state index in [1.165, 1.54) is 92.4 Å². The van der Waals surface area contributed by atoms with Crippen molar-refractivity contribution < 1.29 is 53.1 Å². The predicted octanol–water partition coefficient (Wildman–Crippen LogP) is 3.78. The van der Waals surface area contributed by atoms with Crippen LogP contribution in [0.1, 0.15) is 142 Å².